The largest absolute Gasteiger partial charge is 0.507 e. The van der Waals surface area contributed by atoms with Crippen LogP contribution >= 0.6 is 0 Å². The molecule has 0 unspecified atom stereocenters. The first-order valence-electron chi connectivity index (χ1n) is 10.6. The zero-order valence-corrected chi connectivity index (χ0v) is 18.9. The lowest BCUT2D eigenvalue weighted by atomic mass is 10.0. The molecule has 0 radical (unpaired) electrons. The van der Waals surface area contributed by atoms with Gasteiger partial charge in [0.25, 0.3) is 0 Å². The highest BCUT2D eigenvalue weighted by Gasteiger charge is 2.20. The molecule has 0 aliphatic heterocycles. The summed E-state index contributed by atoms with van der Waals surface area (Å²) in [4.78, 5) is 39.3. The van der Waals surface area contributed by atoms with E-state index in [1.165, 1.54) is 19.4 Å². The Balaban J connectivity index is 2.73. The van der Waals surface area contributed by atoms with E-state index in [1.807, 2.05) is 13.0 Å². The minimum absolute atomic E-state index is 0.303. The number of ketones is 1. The first-order valence-corrected chi connectivity index (χ1v) is 10.6. The van der Waals surface area contributed by atoms with Crippen LogP contribution in [-0.2, 0) is 11.2 Å². The van der Waals surface area contributed by atoms with Crippen LogP contribution in [0.15, 0.2) is 43.6 Å². The number of aliphatic imine (C=N–C) groups is 1. The van der Waals surface area contributed by atoms with E-state index in [2.05, 4.69) is 16.7 Å². The monoisotopic (exact) mass is 431 g/mol. The number of aryl methyl sites for hydroxylation is 1. The van der Waals surface area contributed by atoms with Crippen molar-refractivity contribution in [2.24, 2.45) is 4.99 Å². The lowest BCUT2D eigenvalue weighted by Crippen LogP contribution is -2.16. The molecule has 0 aromatic carbocycles. The van der Waals surface area contributed by atoms with E-state index in [9.17, 15) is 19.5 Å². The van der Waals surface area contributed by atoms with Crippen molar-refractivity contribution in [2.45, 2.75) is 72.1 Å². The molecule has 1 aromatic rings. The van der Waals surface area contributed by atoms with E-state index >= 15 is 0 Å². The number of methoxy groups -OCH3 is 1. The molecule has 1 rings (SSSR count). The predicted octanol–water partition coefficient (Wildman–Crippen LogP) is 5.55. The molecule has 170 valence electrons. The number of hydrogen-bond donors (Lipinski definition) is 1. The van der Waals surface area contributed by atoms with Crippen molar-refractivity contribution in [3.05, 3.63) is 51.1 Å². The van der Waals surface area contributed by atoms with Gasteiger partial charge in [-0.3, -0.25) is 4.79 Å². The normalized spacial score (nSPS) is 12.4. The van der Waals surface area contributed by atoms with E-state index < -0.39 is 17.5 Å². The molecular formula is C24H33NO6. The second-order valence-corrected chi connectivity index (χ2v) is 7.44. The third-order valence-corrected chi connectivity index (χ3v) is 4.74. The number of aromatic hydroxyl groups is 1. The Morgan fingerprint density at radius 1 is 1.16 bits per heavy atom. The Morgan fingerprint density at radius 2 is 1.90 bits per heavy atom. The summed E-state index contributed by atoms with van der Waals surface area (Å²) in [6, 6.07) is 1.32. The quantitative estimate of drug-likeness (QED) is 0.153. The lowest BCUT2D eigenvalue weighted by molar-refractivity contribution is 0.102. The molecule has 0 atom stereocenters. The number of rotatable bonds is 12. The summed E-state index contributed by atoms with van der Waals surface area (Å²) in [5, 5.41) is 10.2. The van der Waals surface area contributed by atoms with E-state index in [0.717, 1.165) is 31.3 Å². The minimum atomic E-state index is -0.844. The lowest BCUT2D eigenvalue weighted by Gasteiger charge is -2.05. The number of amides is 1. The smallest absolute Gasteiger partial charge is 0.432 e. The van der Waals surface area contributed by atoms with Gasteiger partial charge in [0.1, 0.15) is 17.1 Å². The summed E-state index contributed by atoms with van der Waals surface area (Å²) < 4.78 is 9.62. The molecular weight excluding hydrogens is 398 g/mol. The Morgan fingerprint density at radius 3 is 2.55 bits per heavy atom. The number of carbonyl (C=O) groups is 2. The standard InChI is InChI=1S/C24H33NO6/c1-5-6-8-11-17(2)13-14-18(3)22(27)21-20(26)16-19(31-23(21)28)12-9-7-10-15-25-24(29)30-4/h13-16,26H,5-12H2,1-4H3. The van der Waals surface area contributed by atoms with Crippen LogP contribution in [0.25, 0.3) is 0 Å². The fraction of sp³-hybridized carbons (Fsp3) is 0.500. The Labute approximate surface area is 183 Å². The SMILES string of the molecule is CCCCCC(C)=CC=C(C)C(=O)c1c(O)cc(CCCCC=NC(=O)OC)oc1=O. The van der Waals surface area contributed by atoms with Crippen molar-refractivity contribution < 1.29 is 23.8 Å². The molecule has 0 spiro atoms. The van der Waals surface area contributed by atoms with Gasteiger partial charge < -0.3 is 14.3 Å². The molecule has 0 bridgehead atoms. The van der Waals surface area contributed by atoms with Gasteiger partial charge in [-0.15, -0.1) is 0 Å². The molecule has 0 saturated carbocycles. The van der Waals surface area contributed by atoms with Crippen LogP contribution in [-0.4, -0.2) is 30.3 Å². The fourth-order valence-corrected chi connectivity index (χ4v) is 2.86. The van der Waals surface area contributed by atoms with Gasteiger partial charge in [0.15, 0.2) is 5.78 Å². The highest BCUT2D eigenvalue weighted by atomic mass is 16.5. The molecule has 7 heteroatoms. The van der Waals surface area contributed by atoms with Crippen molar-refractivity contribution in [3.63, 3.8) is 0 Å². The van der Waals surface area contributed by atoms with Gasteiger partial charge in [-0.2, -0.15) is 4.99 Å². The molecule has 0 aliphatic rings. The fourth-order valence-electron chi connectivity index (χ4n) is 2.86. The van der Waals surface area contributed by atoms with Gasteiger partial charge in [-0.05, 0) is 51.5 Å². The second-order valence-electron chi connectivity index (χ2n) is 7.44. The van der Waals surface area contributed by atoms with E-state index in [0.29, 0.717) is 37.0 Å². The maximum atomic E-state index is 12.6. The molecule has 31 heavy (non-hydrogen) atoms. The average molecular weight is 432 g/mol. The van der Waals surface area contributed by atoms with Crippen LogP contribution in [0, 0.1) is 0 Å². The van der Waals surface area contributed by atoms with Crippen LogP contribution in [0.1, 0.15) is 81.8 Å². The van der Waals surface area contributed by atoms with Gasteiger partial charge in [0.05, 0.1) is 7.11 Å². The summed E-state index contributed by atoms with van der Waals surface area (Å²) in [7, 11) is 1.26. The maximum Gasteiger partial charge on any atom is 0.432 e. The number of nitrogens with zero attached hydrogens (tertiary/aromatic N) is 1. The predicted molar refractivity (Wildman–Crippen MR) is 121 cm³/mol. The molecule has 0 saturated heterocycles. The van der Waals surface area contributed by atoms with Crippen LogP contribution < -0.4 is 5.63 Å². The van der Waals surface area contributed by atoms with Gasteiger partial charge in [0.2, 0.25) is 0 Å². The van der Waals surface area contributed by atoms with Gasteiger partial charge in [-0.25, -0.2) is 9.59 Å². The zero-order chi connectivity index (χ0) is 23.2. The van der Waals surface area contributed by atoms with Crippen molar-refractivity contribution in [1.82, 2.24) is 0 Å². The highest BCUT2D eigenvalue weighted by Crippen LogP contribution is 2.20. The zero-order valence-electron chi connectivity index (χ0n) is 18.9. The summed E-state index contributed by atoms with van der Waals surface area (Å²) in [6.45, 7) is 5.76. The van der Waals surface area contributed by atoms with Crippen LogP contribution in [0.4, 0.5) is 4.79 Å². The van der Waals surface area contributed by atoms with E-state index in [-0.39, 0.29) is 11.3 Å². The average Bonchev–Trinajstić information content (AvgIpc) is 2.73. The van der Waals surface area contributed by atoms with Crippen LogP contribution in [0.3, 0.4) is 0 Å². The van der Waals surface area contributed by atoms with E-state index in [4.69, 9.17) is 4.42 Å². The van der Waals surface area contributed by atoms with Crippen LogP contribution in [0.5, 0.6) is 5.75 Å². The number of hydrogen-bond acceptors (Lipinski definition) is 6. The first-order chi connectivity index (χ1) is 14.8. The molecule has 0 aliphatic carbocycles. The third kappa shape index (κ3) is 9.59. The van der Waals surface area contributed by atoms with Gasteiger partial charge in [-0.1, -0.05) is 37.5 Å². The van der Waals surface area contributed by atoms with Gasteiger partial charge in [0, 0.05) is 18.7 Å². The van der Waals surface area contributed by atoms with Crippen molar-refractivity contribution in [2.75, 3.05) is 7.11 Å². The summed E-state index contributed by atoms with van der Waals surface area (Å²) in [6.07, 6.45) is 11.1. The van der Waals surface area contributed by atoms with Crippen LogP contribution in [0.2, 0.25) is 0 Å². The Bertz CT molecular complexity index is 892. The number of unbranched alkanes of at least 4 members (excludes halogenated alkanes) is 4. The topological polar surface area (TPSA) is 106 Å². The number of carbonyl (C=O) groups excluding carboxylic acids is 2. The van der Waals surface area contributed by atoms with Crippen molar-refractivity contribution >= 4 is 18.1 Å². The number of ether oxygens (including phenoxy) is 1. The molecule has 1 aromatic heterocycles. The molecule has 7 nitrogen and oxygen atoms in total. The molecule has 1 amide bonds. The van der Waals surface area contributed by atoms with Crippen molar-refractivity contribution in [3.8, 4) is 5.75 Å². The summed E-state index contributed by atoms with van der Waals surface area (Å²) in [5.41, 5.74) is 0.322. The maximum absolute atomic E-state index is 12.6. The van der Waals surface area contributed by atoms with Crippen molar-refractivity contribution in [1.29, 1.82) is 0 Å². The highest BCUT2D eigenvalue weighted by molar-refractivity contribution is 6.09. The summed E-state index contributed by atoms with van der Waals surface area (Å²) in [5.74, 6) is -0.619. The molecule has 1 heterocycles. The van der Waals surface area contributed by atoms with E-state index in [1.54, 1.807) is 13.0 Å². The Hall–Kier alpha value is -2.96. The first kappa shape index (κ1) is 26.1. The molecule has 0 fully saturated rings. The Kier molecular flexibility index (Phi) is 11.9. The molecule has 1 N–H and O–H groups in total. The summed E-state index contributed by atoms with van der Waals surface area (Å²) >= 11 is 0. The third-order valence-electron chi connectivity index (χ3n) is 4.74. The minimum Gasteiger partial charge on any atom is -0.507 e. The van der Waals surface area contributed by atoms with Gasteiger partial charge >= 0.3 is 11.7 Å². The number of Topliss-reactive ketones (excluding diaryl/α,β-unsaturated/α-hetero) is 1. The number of allylic oxidation sites excluding steroid dienone is 4. The second kappa shape index (κ2) is 14.1.